The highest BCUT2D eigenvalue weighted by Crippen LogP contribution is 2.14. The average Bonchev–Trinajstić information content (AvgIpc) is 2.74. The number of unbranched alkanes of at least 4 members (excludes halogenated alkanes) is 18. The molecular formula is C27H56N2O2. The molecule has 0 aliphatic rings. The number of aliphatic hydroxyl groups is 1. The summed E-state index contributed by atoms with van der Waals surface area (Å²) in [5.41, 5.74) is 0. The van der Waals surface area contributed by atoms with E-state index in [2.05, 4.69) is 17.6 Å². The Morgan fingerprint density at radius 3 is 1.32 bits per heavy atom. The van der Waals surface area contributed by atoms with Gasteiger partial charge in [0.2, 0.25) is 5.91 Å². The van der Waals surface area contributed by atoms with Crippen LogP contribution in [0, 0.1) is 0 Å². The number of aliphatic hydroxyl groups excluding tert-OH is 1. The van der Waals surface area contributed by atoms with Crippen LogP contribution in [-0.4, -0.2) is 23.4 Å². The second kappa shape index (κ2) is 24.0. The SMILES string of the molecule is CCCCCCCCCCCCCCCCCCCCCC(=O)NC(CC)NC(C)O. The van der Waals surface area contributed by atoms with Gasteiger partial charge < -0.3 is 10.4 Å². The lowest BCUT2D eigenvalue weighted by Gasteiger charge is -2.20. The summed E-state index contributed by atoms with van der Waals surface area (Å²) in [7, 11) is 0. The first-order chi connectivity index (χ1) is 15.1. The van der Waals surface area contributed by atoms with Crippen molar-refractivity contribution in [2.75, 3.05) is 0 Å². The molecule has 31 heavy (non-hydrogen) atoms. The van der Waals surface area contributed by atoms with Crippen LogP contribution in [0.1, 0.15) is 156 Å². The number of rotatable bonds is 24. The van der Waals surface area contributed by atoms with E-state index in [1.165, 1.54) is 109 Å². The Morgan fingerprint density at radius 1 is 0.645 bits per heavy atom. The first kappa shape index (κ1) is 30.4. The summed E-state index contributed by atoms with van der Waals surface area (Å²) in [5, 5.41) is 15.2. The maximum atomic E-state index is 11.9. The van der Waals surface area contributed by atoms with Crippen molar-refractivity contribution >= 4 is 5.91 Å². The maximum Gasteiger partial charge on any atom is 0.221 e. The fraction of sp³-hybridized carbons (Fsp3) is 0.963. The second-order valence-electron chi connectivity index (χ2n) is 9.48. The smallest absolute Gasteiger partial charge is 0.221 e. The molecule has 0 saturated heterocycles. The van der Waals surface area contributed by atoms with E-state index in [1.807, 2.05) is 6.92 Å². The third kappa shape index (κ3) is 23.9. The van der Waals surface area contributed by atoms with E-state index in [9.17, 15) is 9.90 Å². The zero-order valence-corrected chi connectivity index (χ0v) is 21.4. The zero-order valence-electron chi connectivity index (χ0n) is 21.4. The molecule has 0 rings (SSSR count). The van der Waals surface area contributed by atoms with Crippen molar-refractivity contribution in [2.24, 2.45) is 0 Å². The van der Waals surface area contributed by atoms with E-state index in [0.29, 0.717) is 6.42 Å². The van der Waals surface area contributed by atoms with Crippen molar-refractivity contribution in [3.05, 3.63) is 0 Å². The van der Waals surface area contributed by atoms with E-state index < -0.39 is 6.23 Å². The van der Waals surface area contributed by atoms with Crippen molar-refractivity contribution in [3.63, 3.8) is 0 Å². The molecule has 2 unspecified atom stereocenters. The zero-order chi connectivity index (χ0) is 23.0. The van der Waals surface area contributed by atoms with Crippen LogP contribution in [0.2, 0.25) is 0 Å². The number of carbonyl (C=O) groups is 1. The number of hydrogen-bond donors (Lipinski definition) is 3. The molecule has 1 amide bonds. The normalized spacial score (nSPS) is 13.3. The molecule has 0 spiro atoms. The molecule has 0 aliphatic carbocycles. The third-order valence-corrected chi connectivity index (χ3v) is 6.19. The van der Waals surface area contributed by atoms with E-state index in [0.717, 1.165) is 19.3 Å². The Labute approximate surface area is 194 Å². The van der Waals surface area contributed by atoms with Crippen molar-refractivity contribution in [1.29, 1.82) is 0 Å². The predicted octanol–water partition coefficient (Wildman–Crippen LogP) is 7.59. The van der Waals surface area contributed by atoms with Gasteiger partial charge in [-0.25, -0.2) is 0 Å². The minimum absolute atomic E-state index is 0.0898. The predicted molar refractivity (Wildman–Crippen MR) is 135 cm³/mol. The van der Waals surface area contributed by atoms with Crippen molar-refractivity contribution in [3.8, 4) is 0 Å². The Morgan fingerprint density at radius 2 is 1.00 bits per heavy atom. The van der Waals surface area contributed by atoms with Crippen LogP contribution in [0.25, 0.3) is 0 Å². The summed E-state index contributed by atoms with van der Waals surface area (Å²) in [6.07, 6.45) is 26.6. The van der Waals surface area contributed by atoms with E-state index in [-0.39, 0.29) is 12.1 Å². The third-order valence-electron chi connectivity index (χ3n) is 6.19. The van der Waals surface area contributed by atoms with Gasteiger partial charge in [-0.2, -0.15) is 0 Å². The number of nitrogens with one attached hydrogen (secondary N) is 2. The number of hydrogen-bond acceptors (Lipinski definition) is 3. The highest BCUT2D eigenvalue weighted by Gasteiger charge is 2.11. The molecule has 0 aliphatic heterocycles. The largest absolute Gasteiger partial charge is 0.379 e. The van der Waals surface area contributed by atoms with Gasteiger partial charge in [0.15, 0.2) is 0 Å². The van der Waals surface area contributed by atoms with Crippen LogP contribution in [-0.2, 0) is 4.79 Å². The maximum absolute atomic E-state index is 11.9. The van der Waals surface area contributed by atoms with Crippen LogP contribution in [0.4, 0.5) is 0 Å². The average molecular weight is 441 g/mol. The lowest BCUT2D eigenvalue weighted by atomic mass is 10.0. The molecule has 0 aromatic heterocycles. The van der Waals surface area contributed by atoms with Crippen molar-refractivity contribution in [2.45, 2.75) is 168 Å². The van der Waals surface area contributed by atoms with Gasteiger partial charge in [0.1, 0.15) is 6.23 Å². The van der Waals surface area contributed by atoms with E-state index in [4.69, 9.17) is 0 Å². The van der Waals surface area contributed by atoms with Crippen LogP contribution < -0.4 is 10.6 Å². The van der Waals surface area contributed by atoms with Gasteiger partial charge in [-0.3, -0.25) is 10.1 Å². The summed E-state index contributed by atoms with van der Waals surface area (Å²) in [6, 6.07) is 0. The first-order valence-electron chi connectivity index (χ1n) is 13.8. The topological polar surface area (TPSA) is 61.4 Å². The molecule has 0 heterocycles. The minimum atomic E-state index is -0.597. The lowest BCUT2D eigenvalue weighted by molar-refractivity contribution is -0.122. The fourth-order valence-corrected chi connectivity index (χ4v) is 4.18. The summed E-state index contributed by atoms with van der Waals surface area (Å²) < 4.78 is 0. The fourth-order valence-electron chi connectivity index (χ4n) is 4.18. The minimum Gasteiger partial charge on any atom is -0.379 e. The molecule has 0 bridgehead atoms. The highest BCUT2D eigenvalue weighted by atomic mass is 16.3. The molecular weight excluding hydrogens is 384 g/mol. The lowest BCUT2D eigenvalue weighted by Crippen LogP contribution is -2.48. The van der Waals surface area contributed by atoms with Crippen molar-refractivity contribution in [1.82, 2.24) is 10.6 Å². The first-order valence-corrected chi connectivity index (χ1v) is 13.8. The quantitative estimate of drug-likeness (QED) is 0.107. The van der Waals surface area contributed by atoms with Crippen LogP contribution >= 0.6 is 0 Å². The summed E-state index contributed by atoms with van der Waals surface area (Å²) in [5.74, 6) is 0.0898. The van der Waals surface area contributed by atoms with Gasteiger partial charge in [-0.1, -0.05) is 129 Å². The number of carbonyl (C=O) groups excluding carboxylic acids is 1. The highest BCUT2D eigenvalue weighted by molar-refractivity contribution is 5.76. The van der Waals surface area contributed by atoms with Gasteiger partial charge in [-0.05, 0) is 19.8 Å². The molecule has 4 nitrogen and oxygen atoms in total. The monoisotopic (exact) mass is 440 g/mol. The number of amides is 1. The second-order valence-corrected chi connectivity index (χ2v) is 9.48. The van der Waals surface area contributed by atoms with Gasteiger partial charge in [0, 0.05) is 6.42 Å². The van der Waals surface area contributed by atoms with Crippen LogP contribution in [0.15, 0.2) is 0 Å². The van der Waals surface area contributed by atoms with Crippen LogP contribution in [0.5, 0.6) is 0 Å². The van der Waals surface area contributed by atoms with E-state index >= 15 is 0 Å². The summed E-state index contributed by atoms with van der Waals surface area (Å²) >= 11 is 0. The Kier molecular flexibility index (Phi) is 23.6. The van der Waals surface area contributed by atoms with Gasteiger partial charge in [0.05, 0.1) is 6.17 Å². The summed E-state index contributed by atoms with van der Waals surface area (Å²) in [6.45, 7) is 5.96. The van der Waals surface area contributed by atoms with Gasteiger partial charge in [-0.15, -0.1) is 0 Å². The van der Waals surface area contributed by atoms with Gasteiger partial charge in [0.25, 0.3) is 0 Å². The molecule has 3 N–H and O–H groups in total. The van der Waals surface area contributed by atoms with Gasteiger partial charge >= 0.3 is 0 Å². The van der Waals surface area contributed by atoms with Crippen LogP contribution in [0.3, 0.4) is 0 Å². The Hall–Kier alpha value is -0.610. The van der Waals surface area contributed by atoms with Crippen molar-refractivity contribution < 1.29 is 9.90 Å². The Balaban J connectivity index is 3.24. The Bertz CT molecular complexity index is 374. The standard InChI is InChI=1S/C27H56N2O2/c1-4-6-7-8-9-10-11-12-13-14-15-16-17-18-19-20-21-22-23-24-27(31)29-26(5-2)28-25(3)30/h25-26,28,30H,4-24H2,1-3H3,(H,29,31). The molecule has 0 radical (unpaired) electrons. The molecule has 2 atom stereocenters. The molecule has 186 valence electrons. The molecule has 0 fully saturated rings. The molecule has 0 aromatic rings. The molecule has 4 heteroatoms. The summed E-state index contributed by atoms with van der Waals surface area (Å²) in [4.78, 5) is 11.9. The molecule has 0 saturated carbocycles. The van der Waals surface area contributed by atoms with E-state index in [1.54, 1.807) is 6.92 Å². The molecule has 0 aromatic carbocycles.